The average Bonchev–Trinajstić information content (AvgIpc) is 2.73. The minimum atomic E-state index is 0.361. The standard InChI is InChI=1S/C13H16N2O/c1-9(2)12-11(8-14)15-16-13(12)10-6-4-3-5-7-10/h3-7,9H,8,14H2,1-2H3. The molecule has 1 heterocycles. The van der Waals surface area contributed by atoms with Crippen LogP contribution in [0.25, 0.3) is 11.3 Å². The highest BCUT2D eigenvalue weighted by molar-refractivity contribution is 5.62. The highest BCUT2D eigenvalue weighted by Gasteiger charge is 2.18. The molecular formula is C13H16N2O. The van der Waals surface area contributed by atoms with Crippen molar-refractivity contribution in [3.63, 3.8) is 0 Å². The predicted molar refractivity (Wildman–Crippen MR) is 63.9 cm³/mol. The topological polar surface area (TPSA) is 52.0 Å². The maximum Gasteiger partial charge on any atom is 0.170 e. The number of nitrogens with two attached hydrogens (primary N) is 1. The zero-order valence-electron chi connectivity index (χ0n) is 9.60. The molecule has 0 unspecified atom stereocenters. The molecule has 16 heavy (non-hydrogen) atoms. The van der Waals surface area contributed by atoms with E-state index in [1.807, 2.05) is 30.3 Å². The van der Waals surface area contributed by atoms with E-state index in [0.717, 1.165) is 22.6 Å². The molecule has 0 bridgehead atoms. The van der Waals surface area contributed by atoms with E-state index in [1.54, 1.807) is 0 Å². The minimum absolute atomic E-state index is 0.361. The molecule has 84 valence electrons. The van der Waals surface area contributed by atoms with E-state index in [1.165, 1.54) is 0 Å². The Balaban J connectivity index is 2.53. The monoisotopic (exact) mass is 216 g/mol. The van der Waals surface area contributed by atoms with Crippen molar-refractivity contribution < 1.29 is 4.52 Å². The molecule has 0 aliphatic rings. The molecule has 0 radical (unpaired) electrons. The highest BCUT2D eigenvalue weighted by atomic mass is 16.5. The quantitative estimate of drug-likeness (QED) is 0.858. The fourth-order valence-corrected chi connectivity index (χ4v) is 1.87. The van der Waals surface area contributed by atoms with Gasteiger partial charge in [0.15, 0.2) is 5.76 Å². The lowest BCUT2D eigenvalue weighted by Crippen LogP contribution is -2.02. The van der Waals surface area contributed by atoms with Crippen molar-refractivity contribution in [2.45, 2.75) is 26.3 Å². The van der Waals surface area contributed by atoms with Crippen molar-refractivity contribution in [2.75, 3.05) is 0 Å². The normalized spacial score (nSPS) is 11.0. The van der Waals surface area contributed by atoms with Crippen LogP contribution < -0.4 is 5.73 Å². The van der Waals surface area contributed by atoms with Gasteiger partial charge in [0.05, 0.1) is 0 Å². The third-order valence-electron chi connectivity index (χ3n) is 2.61. The first-order valence-corrected chi connectivity index (χ1v) is 5.48. The van der Waals surface area contributed by atoms with Gasteiger partial charge >= 0.3 is 0 Å². The van der Waals surface area contributed by atoms with Gasteiger partial charge in [-0.1, -0.05) is 49.3 Å². The zero-order chi connectivity index (χ0) is 11.5. The summed E-state index contributed by atoms with van der Waals surface area (Å²) in [6, 6.07) is 10.0. The largest absolute Gasteiger partial charge is 0.356 e. The molecule has 2 N–H and O–H groups in total. The predicted octanol–water partition coefficient (Wildman–Crippen LogP) is 2.92. The first-order chi connectivity index (χ1) is 7.74. The van der Waals surface area contributed by atoms with Gasteiger partial charge in [-0.15, -0.1) is 0 Å². The van der Waals surface area contributed by atoms with Crippen LogP contribution in [0, 0.1) is 0 Å². The summed E-state index contributed by atoms with van der Waals surface area (Å²) in [7, 11) is 0. The van der Waals surface area contributed by atoms with Crippen LogP contribution in [0.1, 0.15) is 31.0 Å². The van der Waals surface area contributed by atoms with E-state index >= 15 is 0 Å². The van der Waals surface area contributed by atoms with Crippen LogP contribution in [0.15, 0.2) is 34.9 Å². The molecule has 1 aromatic carbocycles. The van der Waals surface area contributed by atoms with Gasteiger partial charge in [-0.2, -0.15) is 0 Å². The lowest BCUT2D eigenvalue weighted by Gasteiger charge is -2.06. The number of hydrogen-bond donors (Lipinski definition) is 1. The van der Waals surface area contributed by atoms with Crippen LogP contribution in [-0.4, -0.2) is 5.16 Å². The Labute approximate surface area is 95.3 Å². The molecule has 0 amide bonds. The van der Waals surface area contributed by atoms with E-state index in [9.17, 15) is 0 Å². The molecule has 1 aromatic heterocycles. The molecule has 3 nitrogen and oxygen atoms in total. The lowest BCUT2D eigenvalue weighted by molar-refractivity contribution is 0.423. The third kappa shape index (κ3) is 1.86. The Morgan fingerprint density at radius 3 is 2.50 bits per heavy atom. The molecular weight excluding hydrogens is 200 g/mol. The van der Waals surface area contributed by atoms with Crippen molar-refractivity contribution in [3.05, 3.63) is 41.6 Å². The molecule has 2 aromatic rings. The maximum absolute atomic E-state index is 5.66. The molecule has 2 rings (SSSR count). The summed E-state index contributed by atoms with van der Waals surface area (Å²) < 4.78 is 5.40. The number of benzene rings is 1. The summed E-state index contributed by atoms with van der Waals surface area (Å²) in [6.07, 6.45) is 0. The maximum atomic E-state index is 5.66. The summed E-state index contributed by atoms with van der Waals surface area (Å²) in [5.74, 6) is 1.20. The van der Waals surface area contributed by atoms with Gasteiger partial charge in [0, 0.05) is 17.7 Å². The first kappa shape index (κ1) is 10.9. The second-order valence-corrected chi connectivity index (χ2v) is 4.10. The Morgan fingerprint density at radius 2 is 1.94 bits per heavy atom. The molecule has 0 atom stereocenters. The second kappa shape index (κ2) is 4.49. The van der Waals surface area contributed by atoms with E-state index in [0.29, 0.717) is 12.5 Å². The Morgan fingerprint density at radius 1 is 1.25 bits per heavy atom. The SMILES string of the molecule is CC(C)c1c(CN)noc1-c1ccccc1. The molecule has 0 saturated heterocycles. The summed E-state index contributed by atoms with van der Waals surface area (Å²) in [6.45, 7) is 4.67. The number of nitrogens with zero attached hydrogens (tertiary/aromatic N) is 1. The molecule has 0 fully saturated rings. The van der Waals surface area contributed by atoms with Gasteiger partial charge < -0.3 is 10.3 Å². The molecule has 0 saturated carbocycles. The summed E-state index contributed by atoms with van der Waals surface area (Å²) in [5.41, 5.74) is 8.69. The van der Waals surface area contributed by atoms with Crippen molar-refractivity contribution in [3.8, 4) is 11.3 Å². The van der Waals surface area contributed by atoms with Crippen LogP contribution >= 0.6 is 0 Å². The van der Waals surface area contributed by atoms with Gasteiger partial charge in [-0.3, -0.25) is 0 Å². The summed E-state index contributed by atoms with van der Waals surface area (Å²) in [4.78, 5) is 0. The van der Waals surface area contributed by atoms with Crippen molar-refractivity contribution in [1.29, 1.82) is 0 Å². The van der Waals surface area contributed by atoms with Crippen LogP contribution in [0.2, 0.25) is 0 Å². The molecule has 3 heteroatoms. The van der Waals surface area contributed by atoms with Crippen LogP contribution in [0.3, 0.4) is 0 Å². The van der Waals surface area contributed by atoms with Crippen LogP contribution in [0.5, 0.6) is 0 Å². The van der Waals surface area contributed by atoms with E-state index in [4.69, 9.17) is 10.3 Å². The van der Waals surface area contributed by atoms with Gasteiger partial charge in [0.2, 0.25) is 0 Å². The molecule has 0 aliphatic carbocycles. The Bertz CT molecular complexity index is 460. The van der Waals surface area contributed by atoms with Gasteiger partial charge in [-0.25, -0.2) is 0 Å². The smallest absolute Gasteiger partial charge is 0.170 e. The molecule has 0 spiro atoms. The van der Waals surface area contributed by atoms with E-state index < -0.39 is 0 Å². The van der Waals surface area contributed by atoms with E-state index in [-0.39, 0.29) is 0 Å². The third-order valence-corrected chi connectivity index (χ3v) is 2.61. The van der Waals surface area contributed by atoms with Gasteiger partial charge in [0.25, 0.3) is 0 Å². The minimum Gasteiger partial charge on any atom is -0.356 e. The summed E-state index contributed by atoms with van der Waals surface area (Å²) in [5, 5.41) is 4.03. The fourth-order valence-electron chi connectivity index (χ4n) is 1.87. The van der Waals surface area contributed by atoms with Crippen molar-refractivity contribution in [2.24, 2.45) is 5.73 Å². The lowest BCUT2D eigenvalue weighted by atomic mass is 9.97. The molecule has 0 aliphatic heterocycles. The number of rotatable bonds is 3. The van der Waals surface area contributed by atoms with Crippen LogP contribution in [-0.2, 0) is 6.54 Å². The highest BCUT2D eigenvalue weighted by Crippen LogP contribution is 2.31. The van der Waals surface area contributed by atoms with Crippen molar-refractivity contribution in [1.82, 2.24) is 5.16 Å². The Hall–Kier alpha value is -1.61. The van der Waals surface area contributed by atoms with Crippen molar-refractivity contribution >= 4 is 0 Å². The average molecular weight is 216 g/mol. The number of hydrogen-bond acceptors (Lipinski definition) is 3. The summed E-state index contributed by atoms with van der Waals surface area (Å²) >= 11 is 0. The van der Waals surface area contributed by atoms with Crippen LogP contribution in [0.4, 0.5) is 0 Å². The fraction of sp³-hybridized carbons (Fsp3) is 0.308. The number of aromatic nitrogens is 1. The Kier molecular flexibility index (Phi) is 3.06. The first-order valence-electron chi connectivity index (χ1n) is 5.48. The second-order valence-electron chi connectivity index (χ2n) is 4.10. The zero-order valence-corrected chi connectivity index (χ0v) is 9.60. The van der Waals surface area contributed by atoms with Gasteiger partial charge in [-0.05, 0) is 5.92 Å². The van der Waals surface area contributed by atoms with E-state index in [2.05, 4.69) is 19.0 Å². The van der Waals surface area contributed by atoms with Gasteiger partial charge in [0.1, 0.15) is 5.69 Å².